The fourth-order valence-electron chi connectivity index (χ4n) is 3.43. The van der Waals surface area contributed by atoms with E-state index >= 15 is 0 Å². The number of piperidine rings is 1. The summed E-state index contributed by atoms with van der Waals surface area (Å²) < 4.78 is 38.4. The second kappa shape index (κ2) is 12.5. The van der Waals surface area contributed by atoms with Gasteiger partial charge in [0.15, 0.2) is 0 Å². The molecule has 162 valence electrons. The molecule has 0 saturated carbocycles. The van der Waals surface area contributed by atoms with Gasteiger partial charge in [0.05, 0.1) is 17.5 Å². The Kier molecular flexibility index (Phi) is 12.1. The van der Waals surface area contributed by atoms with E-state index in [0.29, 0.717) is 13.1 Å². The molecule has 2 unspecified atom stereocenters. The third-order valence-electron chi connectivity index (χ3n) is 5.01. The first-order chi connectivity index (χ1) is 12.4. The number of halogens is 5. The summed E-state index contributed by atoms with van der Waals surface area (Å²) in [6.45, 7) is 7.54. The average molecular weight is 444 g/mol. The predicted molar refractivity (Wildman–Crippen MR) is 110 cm³/mol. The molecule has 9 heteroatoms. The van der Waals surface area contributed by atoms with Crippen molar-refractivity contribution in [3.63, 3.8) is 0 Å². The molecule has 0 aliphatic carbocycles. The van der Waals surface area contributed by atoms with Crippen LogP contribution < -0.4 is 10.6 Å². The van der Waals surface area contributed by atoms with Crippen molar-refractivity contribution in [3.05, 3.63) is 35.4 Å². The molecule has 2 atom stereocenters. The number of rotatable bonds is 7. The number of hydrogen-bond donors (Lipinski definition) is 2. The Morgan fingerprint density at radius 1 is 1.21 bits per heavy atom. The zero-order valence-electron chi connectivity index (χ0n) is 16.2. The molecule has 1 aromatic rings. The van der Waals surface area contributed by atoms with Crippen LogP contribution in [0.25, 0.3) is 0 Å². The van der Waals surface area contributed by atoms with Gasteiger partial charge >= 0.3 is 6.18 Å². The van der Waals surface area contributed by atoms with E-state index in [4.69, 9.17) is 0 Å². The van der Waals surface area contributed by atoms with Gasteiger partial charge in [-0.25, -0.2) is 0 Å². The van der Waals surface area contributed by atoms with Gasteiger partial charge in [-0.1, -0.05) is 26.0 Å². The zero-order valence-corrected chi connectivity index (χ0v) is 17.9. The third-order valence-corrected chi connectivity index (χ3v) is 5.01. The number of amides is 1. The number of likely N-dealkylation sites (N-methyl/N-ethyl adjacent to an activating group) is 1. The largest absolute Gasteiger partial charge is 0.416 e. The molecule has 1 saturated heterocycles. The maximum atomic E-state index is 12.8. The van der Waals surface area contributed by atoms with Gasteiger partial charge < -0.3 is 10.6 Å². The highest BCUT2D eigenvalue weighted by Gasteiger charge is 2.31. The molecular formula is C19H30Cl2F3N3O. The van der Waals surface area contributed by atoms with Gasteiger partial charge in [-0.15, -0.1) is 24.8 Å². The van der Waals surface area contributed by atoms with Crippen molar-refractivity contribution in [2.75, 3.05) is 32.7 Å². The minimum Gasteiger partial charge on any atom is -0.354 e. The van der Waals surface area contributed by atoms with Crippen LogP contribution in [0.1, 0.15) is 43.9 Å². The summed E-state index contributed by atoms with van der Waals surface area (Å²) in [6, 6.07) is 5.10. The van der Waals surface area contributed by atoms with Crippen molar-refractivity contribution in [1.82, 2.24) is 15.5 Å². The lowest BCUT2D eigenvalue weighted by atomic mass is 9.98. The molecule has 2 N–H and O–H groups in total. The minimum atomic E-state index is -4.34. The lowest BCUT2D eigenvalue weighted by molar-refractivity contribution is -0.137. The Morgan fingerprint density at radius 2 is 1.82 bits per heavy atom. The molecule has 1 aromatic carbocycles. The van der Waals surface area contributed by atoms with Gasteiger partial charge in [0.25, 0.3) is 0 Å². The summed E-state index contributed by atoms with van der Waals surface area (Å²) in [6.07, 6.45) is -2.49. The predicted octanol–water partition coefficient (Wildman–Crippen LogP) is 4.05. The zero-order chi connectivity index (χ0) is 19.2. The van der Waals surface area contributed by atoms with Crippen LogP contribution >= 0.6 is 24.8 Å². The second-order valence-corrected chi connectivity index (χ2v) is 6.65. The highest BCUT2D eigenvalue weighted by atomic mass is 35.5. The number of alkyl halides is 3. The highest BCUT2D eigenvalue weighted by molar-refractivity contribution is 5.85. The normalized spacial score (nSPS) is 18.0. The molecule has 2 rings (SSSR count). The van der Waals surface area contributed by atoms with Crippen LogP contribution in [0.4, 0.5) is 13.2 Å². The number of carbonyl (C=O) groups is 1. The van der Waals surface area contributed by atoms with Crippen molar-refractivity contribution in [2.24, 2.45) is 5.92 Å². The lowest BCUT2D eigenvalue weighted by Gasteiger charge is -2.31. The summed E-state index contributed by atoms with van der Waals surface area (Å²) in [7, 11) is 0. The Morgan fingerprint density at radius 3 is 2.29 bits per heavy atom. The van der Waals surface area contributed by atoms with Crippen LogP contribution in [-0.4, -0.2) is 43.5 Å². The molecule has 1 amide bonds. The first-order valence-corrected chi connectivity index (χ1v) is 9.26. The Labute approximate surface area is 177 Å². The average Bonchev–Trinajstić information content (AvgIpc) is 2.65. The molecule has 0 spiro atoms. The van der Waals surface area contributed by atoms with E-state index in [1.165, 1.54) is 12.1 Å². The molecule has 0 radical (unpaired) electrons. The maximum absolute atomic E-state index is 12.8. The Balaban J connectivity index is 0.00000364. The van der Waals surface area contributed by atoms with Gasteiger partial charge in [0.1, 0.15) is 0 Å². The van der Waals surface area contributed by atoms with Crippen molar-refractivity contribution >= 4 is 30.7 Å². The van der Waals surface area contributed by atoms with E-state index in [0.717, 1.165) is 50.2 Å². The summed E-state index contributed by atoms with van der Waals surface area (Å²) in [5, 5.41) is 6.22. The minimum absolute atomic E-state index is 0. The monoisotopic (exact) mass is 443 g/mol. The van der Waals surface area contributed by atoms with Gasteiger partial charge in [0, 0.05) is 13.1 Å². The SMILES string of the molecule is CCN(CC)C(CNC(=O)C1CCCNC1)c1ccc(C(F)(F)F)cc1.Cl.Cl. The molecule has 1 fully saturated rings. The number of hydrogen-bond acceptors (Lipinski definition) is 3. The van der Waals surface area contributed by atoms with E-state index in [9.17, 15) is 18.0 Å². The maximum Gasteiger partial charge on any atom is 0.416 e. The van der Waals surface area contributed by atoms with Crippen LogP contribution in [0.5, 0.6) is 0 Å². The van der Waals surface area contributed by atoms with Gasteiger partial charge in [-0.05, 0) is 50.2 Å². The summed E-state index contributed by atoms with van der Waals surface area (Å²) >= 11 is 0. The molecule has 1 aliphatic heterocycles. The van der Waals surface area contributed by atoms with Crippen LogP contribution in [0, 0.1) is 5.92 Å². The smallest absolute Gasteiger partial charge is 0.354 e. The molecular weight excluding hydrogens is 414 g/mol. The van der Waals surface area contributed by atoms with E-state index in [1.54, 1.807) is 0 Å². The van der Waals surface area contributed by atoms with Crippen LogP contribution in [0.2, 0.25) is 0 Å². The van der Waals surface area contributed by atoms with Crippen LogP contribution in [0.15, 0.2) is 24.3 Å². The number of nitrogens with one attached hydrogen (secondary N) is 2. The van der Waals surface area contributed by atoms with Crippen LogP contribution in [0.3, 0.4) is 0 Å². The molecule has 4 nitrogen and oxygen atoms in total. The fourth-order valence-corrected chi connectivity index (χ4v) is 3.43. The van der Waals surface area contributed by atoms with E-state index in [2.05, 4.69) is 15.5 Å². The summed E-state index contributed by atoms with van der Waals surface area (Å²) in [5.74, 6) is -0.0185. The van der Waals surface area contributed by atoms with Gasteiger partial charge in [-0.2, -0.15) is 13.2 Å². The molecule has 1 heterocycles. The van der Waals surface area contributed by atoms with Gasteiger partial charge in [-0.3, -0.25) is 9.69 Å². The highest BCUT2D eigenvalue weighted by Crippen LogP contribution is 2.30. The van der Waals surface area contributed by atoms with E-state index in [-0.39, 0.29) is 42.7 Å². The van der Waals surface area contributed by atoms with E-state index < -0.39 is 11.7 Å². The number of nitrogens with zero attached hydrogens (tertiary/aromatic N) is 1. The van der Waals surface area contributed by atoms with Crippen molar-refractivity contribution in [1.29, 1.82) is 0 Å². The number of benzene rings is 1. The van der Waals surface area contributed by atoms with Gasteiger partial charge in [0.2, 0.25) is 5.91 Å². The standard InChI is InChI=1S/C19H28F3N3O.2ClH/c1-3-25(4-2)17(13-24-18(26)15-6-5-11-23-12-15)14-7-9-16(10-8-14)19(20,21)22;;/h7-10,15,17,23H,3-6,11-13H2,1-2H3,(H,24,26);2*1H. The fraction of sp³-hybridized carbons (Fsp3) is 0.632. The Bertz CT molecular complexity index is 575. The Hall–Kier alpha value is -1.02. The molecule has 28 heavy (non-hydrogen) atoms. The summed E-state index contributed by atoms with van der Waals surface area (Å²) in [4.78, 5) is 14.5. The molecule has 1 aliphatic rings. The first kappa shape index (κ1) is 27.0. The topological polar surface area (TPSA) is 44.4 Å². The quantitative estimate of drug-likeness (QED) is 0.667. The third kappa shape index (κ3) is 7.43. The second-order valence-electron chi connectivity index (χ2n) is 6.65. The van der Waals surface area contributed by atoms with Crippen molar-refractivity contribution in [3.8, 4) is 0 Å². The van der Waals surface area contributed by atoms with Crippen molar-refractivity contribution < 1.29 is 18.0 Å². The first-order valence-electron chi connectivity index (χ1n) is 9.26. The molecule has 0 bridgehead atoms. The lowest BCUT2D eigenvalue weighted by Crippen LogP contribution is -2.44. The summed E-state index contributed by atoms with van der Waals surface area (Å²) in [5.41, 5.74) is 0.126. The van der Waals surface area contributed by atoms with Crippen LogP contribution in [-0.2, 0) is 11.0 Å². The number of carbonyl (C=O) groups excluding carboxylic acids is 1. The molecule has 0 aromatic heterocycles. The van der Waals surface area contributed by atoms with E-state index in [1.807, 2.05) is 13.8 Å². The van der Waals surface area contributed by atoms with Crippen molar-refractivity contribution in [2.45, 2.75) is 38.9 Å².